The zero-order valence-corrected chi connectivity index (χ0v) is 22.5. The SMILES string of the molecule is COC(=O)[C@]12C(=O)[C@H](C)C(=O)[C@]1(C)C(C)=C[C@H]1[C@@]34CC[C@H](OC(C)=O)C(C)(C)[C@@H]3[C@@H](C[C@@]12C)O[C@H]4O. The van der Waals surface area contributed by atoms with Gasteiger partial charge in [-0.1, -0.05) is 32.4 Å². The van der Waals surface area contributed by atoms with Crippen LogP contribution in [0.25, 0.3) is 0 Å². The topological polar surface area (TPSA) is 116 Å². The van der Waals surface area contributed by atoms with Crippen LogP contribution in [0.3, 0.4) is 0 Å². The first-order valence-electron chi connectivity index (χ1n) is 13.0. The van der Waals surface area contributed by atoms with Crippen molar-refractivity contribution in [2.24, 2.45) is 44.8 Å². The first-order chi connectivity index (χ1) is 16.6. The van der Waals surface area contributed by atoms with Crippen LogP contribution in [0.4, 0.5) is 0 Å². The normalized spacial score (nSPS) is 50.5. The molecule has 198 valence electrons. The number of allylic oxidation sites excluding steroid dienone is 2. The fraction of sp³-hybridized carbons (Fsp3) is 0.786. The van der Waals surface area contributed by atoms with Crippen molar-refractivity contribution in [2.75, 3.05) is 7.11 Å². The molecule has 0 unspecified atom stereocenters. The van der Waals surface area contributed by atoms with Crippen LogP contribution in [0.15, 0.2) is 11.6 Å². The van der Waals surface area contributed by atoms with Gasteiger partial charge < -0.3 is 19.3 Å². The lowest BCUT2D eigenvalue weighted by Gasteiger charge is -2.67. The van der Waals surface area contributed by atoms with Crippen molar-refractivity contribution < 1.29 is 38.5 Å². The summed E-state index contributed by atoms with van der Waals surface area (Å²) in [5.41, 5.74) is -4.80. The molecule has 1 heterocycles. The van der Waals surface area contributed by atoms with Crippen LogP contribution in [0.2, 0.25) is 0 Å². The number of aliphatic hydroxyl groups excluding tert-OH is 1. The van der Waals surface area contributed by atoms with Crippen LogP contribution in [0.1, 0.15) is 67.7 Å². The van der Waals surface area contributed by atoms with Crippen molar-refractivity contribution in [1.82, 2.24) is 0 Å². The van der Waals surface area contributed by atoms with Crippen LogP contribution in [-0.2, 0) is 33.4 Å². The van der Waals surface area contributed by atoms with Crippen molar-refractivity contribution in [3.05, 3.63) is 11.6 Å². The Labute approximate surface area is 212 Å². The fourth-order valence-electron chi connectivity index (χ4n) is 9.98. The molecule has 4 aliphatic carbocycles. The molecule has 1 N–H and O–H groups in total. The summed E-state index contributed by atoms with van der Waals surface area (Å²) < 4.78 is 17.3. The zero-order valence-electron chi connectivity index (χ0n) is 22.5. The smallest absolute Gasteiger partial charge is 0.321 e. The molecule has 0 aromatic rings. The molecule has 5 rings (SSSR count). The van der Waals surface area contributed by atoms with E-state index in [1.165, 1.54) is 14.0 Å². The Morgan fingerprint density at radius 1 is 1.14 bits per heavy atom. The molecule has 4 fully saturated rings. The summed E-state index contributed by atoms with van der Waals surface area (Å²) in [7, 11) is 1.27. The lowest BCUT2D eigenvalue weighted by molar-refractivity contribution is -0.226. The number of Topliss-reactive ketones (excluding diaryl/α,β-unsaturated/α-hetero) is 2. The maximum atomic E-state index is 14.1. The van der Waals surface area contributed by atoms with Crippen molar-refractivity contribution >= 4 is 23.5 Å². The van der Waals surface area contributed by atoms with Crippen LogP contribution >= 0.6 is 0 Å². The number of fused-ring (bicyclic) bond motifs is 3. The molecule has 36 heavy (non-hydrogen) atoms. The summed E-state index contributed by atoms with van der Waals surface area (Å²) in [6.07, 6.45) is 1.37. The Bertz CT molecular complexity index is 1110. The Balaban J connectivity index is 1.78. The molecular weight excluding hydrogens is 464 g/mol. The number of carbonyl (C=O) groups excluding carboxylic acids is 4. The Hall–Kier alpha value is -2.06. The minimum absolute atomic E-state index is 0.191. The number of ether oxygens (including phenoxy) is 3. The minimum Gasteiger partial charge on any atom is -0.468 e. The Kier molecular flexibility index (Phi) is 5.17. The predicted molar refractivity (Wildman–Crippen MR) is 127 cm³/mol. The van der Waals surface area contributed by atoms with E-state index in [2.05, 4.69) is 0 Å². The summed E-state index contributed by atoms with van der Waals surface area (Å²) in [5, 5.41) is 11.6. The van der Waals surface area contributed by atoms with Crippen molar-refractivity contribution in [1.29, 1.82) is 0 Å². The second-order valence-corrected chi connectivity index (χ2v) is 12.8. The molecular formula is C28H38O8. The highest BCUT2D eigenvalue weighted by atomic mass is 16.6. The molecule has 0 aromatic heterocycles. The standard InChI is InChI=1S/C28H38O8/c1-13-11-17-25(6,28(23(33)34-8)21(31)14(2)20(30)26(13,28)7)12-16-19-24(4,5)18(35-15(3)29)9-10-27(17,19)22(32)36-16/h11,14,16-19,22,32H,9-10,12H2,1-8H3/t14-,16-,17-,18+,19+,22-,25+,26+,27+,28+/m1/s1. The van der Waals surface area contributed by atoms with Gasteiger partial charge in [-0.15, -0.1) is 0 Å². The number of methoxy groups -OCH3 is 1. The van der Waals surface area contributed by atoms with E-state index in [4.69, 9.17) is 14.2 Å². The number of hydrogen-bond acceptors (Lipinski definition) is 8. The number of hydrogen-bond donors (Lipinski definition) is 1. The van der Waals surface area contributed by atoms with Gasteiger partial charge in [0, 0.05) is 29.1 Å². The number of ketones is 2. The van der Waals surface area contributed by atoms with Crippen LogP contribution in [0.5, 0.6) is 0 Å². The van der Waals surface area contributed by atoms with Gasteiger partial charge in [-0.2, -0.15) is 0 Å². The molecule has 1 saturated heterocycles. The highest BCUT2D eigenvalue weighted by molar-refractivity contribution is 6.25. The molecule has 1 aliphatic heterocycles. The van der Waals surface area contributed by atoms with Gasteiger partial charge >= 0.3 is 11.9 Å². The van der Waals surface area contributed by atoms with E-state index in [-0.39, 0.29) is 30.2 Å². The zero-order chi connectivity index (χ0) is 26.8. The van der Waals surface area contributed by atoms with Gasteiger partial charge in [0.1, 0.15) is 11.5 Å². The van der Waals surface area contributed by atoms with Crippen molar-refractivity contribution in [2.45, 2.75) is 86.2 Å². The monoisotopic (exact) mass is 502 g/mol. The van der Waals surface area contributed by atoms with Gasteiger partial charge in [-0.3, -0.25) is 19.2 Å². The number of carbonyl (C=O) groups is 4. The average molecular weight is 503 g/mol. The molecule has 10 atom stereocenters. The molecule has 3 saturated carbocycles. The second kappa shape index (κ2) is 7.28. The van der Waals surface area contributed by atoms with Gasteiger partial charge in [0.05, 0.1) is 24.5 Å². The van der Waals surface area contributed by atoms with Gasteiger partial charge in [0.15, 0.2) is 17.9 Å². The molecule has 8 heteroatoms. The first-order valence-corrected chi connectivity index (χ1v) is 13.0. The Morgan fingerprint density at radius 2 is 1.78 bits per heavy atom. The van der Waals surface area contributed by atoms with Crippen LogP contribution in [0, 0.1) is 44.8 Å². The van der Waals surface area contributed by atoms with E-state index < -0.39 is 63.1 Å². The van der Waals surface area contributed by atoms with E-state index in [1.807, 2.05) is 33.8 Å². The Morgan fingerprint density at radius 3 is 2.36 bits per heavy atom. The second-order valence-electron chi connectivity index (χ2n) is 12.8. The lowest BCUT2D eigenvalue weighted by atomic mass is 9.33. The quantitative estimate of drug-likeness (QED) is 0.348. The average Bonchev–Trinajstić information content (AvgIpc) is 3.12. The largest absolute Gasteiger partial charge is 0.468 e. The van der Waals surface area contributed by atoms with Crippen LogP contribution in [-0.4, -0.2) is 54.2 Å². The molecule has 0 aromatic carbocycles. The van der Waals surface area contributed by atoms with E-state index in [9.17, 15) is 24.3 Å². The number of rotatable bonds is 2. The van der Waals surface area contributed by atoms with Gasteiger partial charge in [-0.05, 0) is 46.0 Å². The third-order valence-electron chi connectivity index (χ3n) is 11.3. The fourth-order valence-corrected chi connectivity index (χ4v) is 9.98. The van der Waals surface area contributed by atoms with Gasteiger partial charge in [0.2, 0.25) is 0 Å². The maximum absolute atomic E-state index is 14.1. The van der Waals surface area contributed by atoms with E-state index in [0.29, 0.717) is 18.4 Å². The lowest BCUT2D eigenvalue weighted by Crippen LogP contribution is -2.71. The highest BCUT2D eigenvalue weighted by Gasteiger charge is 2.85. The number of aliphatic hydroxyl groups is 1. The predicted octanol–water partition coefficient (Wildman–Crippen LogP) is 3.00. The van der Waals surface area contributed by atoms with E-state index in [0.717, 1.165) is 0 Å². The third kappa shape index (κ3) is 2.40. The van der Waals surface area contributed by atoms with E-state index in [1.54, 1.807) is 13.8 Å². The summed E-state index contributed by atoms with van der Waals surface area (Å²) in [6, 6.07) is 0. The summed E-state index contributed by atoms with van der Waals surface area (Å²) >= 11 is 0. The summed E-state index contributed by atoms with van der Waals surface area (Å²) in [5.74, 6) is -3.28. The third-order valence-corrected chi connectivity index (χ3v) is 11.3. The van der Waals surface area contributed by atoms with Gasteiger partial charge in [-0.25, -0.2) is 0 Å². The highest BCUT2D eigenvalue weighted by Crippen LogP contribution is 2.79. The van der Waals surface area contributed by atoms with E-state index >= 15 is 0 Å². The van der Waals surface area contributed by atoms with Crippen molar-refractivity contribution in [3.8, 4) is 0 Å². The molecule has 0 spiro atoms. The van der Waals surface area contributed by atoms with Gasteiger partial charge in [0.25, 0.3) is 0 Å². The summed E-state index contributed by atoms with van der Waals surface area (Å²) in [6.45, 7) is 12.5. The molecule has 8 nitrogen and oxygen atoms in total. The molecule has 2 bridgehead atoms. The number of esters is 2. The molecule has 0 amide bonds. The minimum atomic E-state index is -1.73. The summed E-state index contributed by atoms with van der Waals surface area (Å²) in [4.78, 5) is 53.6. The van der Waals surface area contributed by atoms with Crippen LogP contribution < -0.4 is 0 Å². The van der Waals surface area contributed by atoms with Crippen molar-refractivity contribution in [3.63, 3.8) is 0 Å². The molecule has 5 aliphatic rings. The maximum Gasteiger partial charge on any atom is 0.321 e. The first kappa shape index (κ1) is 25.6. The molecule has 0 radical (unpaired) electrons.